The molecule has 1 amide bonds. The molecule has 1 rings (SSSR count). The van der Waals surface area contributed by atoms with Crippen molar-refractivity contribution in [1.82, 2.24) is 9.62 Å². The van der Waals surface area contributed by atoms with Gasteiger partial charge in [0.05, 0.1) is 6.26 Å². The molecule has 6 nitrogen and oxygen atoms in total. The third-order valence-electron chi connectivity index (χ3n) is 3.45. The van der Waals surface area contributed by atoms with Crippen LogP contribution in [0.5, 0.6) is 0 Å². The summed E-state index contributed by atoms with van der Waals surface area (Å²) in [6.45, 7) is 5.47. The molecule has 0 spiro atoms. The molecule has 1 saturated carbocycles. The van der Waals surface area contributed by atoms with E-state index in [4.69, 9.17) is 4.74 Å². The van der Waals surface area contributed by atoms with Crippen molar-refractivity contribution in [2.75, 3.05) is 13.3 Å². The van der Waals surface area contributed by atoms with Crippen LogP contribution in [0.3, 0.4) is 0 Å². The van der Waals surface area contributed by atoms with Crippen LogP contribution in [-0.4, -0.2) is 49.8 Å². The molecular weight excluding hydrogens is 280 g/mol. The number of hydrogen-bond donors (Lipinski definition) is 1. The zero-order valence-corrected chi connectivity index (χ0v) is 13.8. The fraction of sp³-hybridized carbons (Fsp3) is 0.923. The molecule has 0 aromatic carbocycles. The summed E-state index contributed by atoms with van der Waals surface area (Å²) in [5, 5.41) is 2.84. The van der Waals surface area contributed by atoms with Crippen molar-refractivity contribution in [2.24, 2.45) is 0 Å². The number of sulfonamides is 1. The summed E-state index contributed by atoms with van der Waals surface area (Å²) >= 11 is 0. The first-order chi connectivity index (χ1) is 8.99. The molecule has 20 heavy (non-hydrogen) atoms. The van der Waals surface area contributed by atoms with E-state index in [1.54, 1.807) is 7.05 Å². The Labute approximate surface area is 121 Å². The summed E-state index contributed by atoms with van der Waals surface area (Å²) < 4.78 is 29.6. The van der Waals surface area contributed by atoms with E-state index in [0.29, 0.717) is 0 Å². The summed E-state index contributed by atoms with van der Waals surface area (Å²) in [4.78, 5) is 11.7. The van der Waals surface area contributed by atoms with Gasteiger partial charge in [0.2, 0.25) is 10.0 Å². The number of nitrogens with one attached hydrogen (secondary N) is 1. The Kier molecular flexibility index (Phi) is 5.43. The van der Waals surface area contributed by atoms with Gasteiger partial charge in [0, 0.05) is 19.1 Å². The standard InChI is InChI=1S/C13H26N2O4S/c1-13(2,3)19-12(16)14-10-6-8-11(9-7-10)15(4)20(5,17)18/h10-11H,6-9H2,1-5H3,(H,14,16)/t10-,11-. The second-order valence-electron chi connectivity index (χ2n) is 6.43. The second-order valence-corrected chi connectivity index (χ2v) is 8.47. The number of rotatable bonds is 3. The van der Waals surface area contributed by atoms with Crippen molar-refractivity contribution in [2.45, 2.75) is 64.1 Å². The van der Waals surface area contributed by atoms with Gasteiger partial charge in [0.15, 0.2) is 0 Å². The highest BCUT2D eigenvalue weighted by atomic mass is 32.2. The normalized spacial score (nSPS) is 24.5. The predicted molar refractivity (Wildman–Crippen MR) is 78.0 cm³/mol. The van der Waals surface area contributed by atoms with Gasteiger partial charge in [-0.3, -0.25) is 0 Å². The molecule has 118 valence electrons. The van der Waals surface area contributed by atoms with Crippen LogP contribution in [0.15, 0.2) is 0 Å². The molecule has 7 heteroatoms. The molecule has 0 aliphatic heterocycles. The highest BCUT2D eigenvalue weighted by Gasteiger charge is 2.29. The average Bonchev–Trinajstić information content (AvgIpc) is 2.25. The summed E-state index contributed by atoms with van der Waals surface area (Å²) in [6.07, 6.45) is 3.86. The average molecular weight is 306 g/mol. The van der Waals surface area contributed by atoms with Crippen LogP contribution in [0.25, 0.3) is 0 Å². The molecule has 0 heterocycles. The summed E-state index contributed by atoms with van der Waals surface area (Å²) in [5.74, 6) is 0. The lowest BCUT2D eigenvalue weighted by molar-refractivity contribution is 0.0486. The van der Waals surface area contributed by atoms with E-state index in [2.05, 4.69) is 5.32 Å². The molecule has 0 atom stereocenters. The smallest absolute Gasteiger partial charge is 0.407 e. The number of nitrogens with zero attached hydrogens (tertiary/aromatic N) is 1. The van der Waals surface area contributed by atoms with Crippen molar-refractivity contribution in [3.05, 3.63) is 0 Å². The van der Waals surface area contributed by atoms with Crippen LogP contribution >= 0.6 is 0 Å². The lowest BCUT2D eigenvalue weighted by Gasteiger charge is -2.33. The molecule has 0 saturated heterocycles. The minimum absolute atomic E-state index is 0.0293. The first-order valence-electron chi connectivity index (χ1n) is 6.91. The molecule has 1 aliphatic carbocycles. The van der Waals surface area contributed by atoms with Gasteiger partial charge in [-0.05, 0) is 46.5 Å². The molecule has 1 fully saturated rings. The number of carbonyl (C=O) groups excluding carboxylic acids is 1. The Morgan fingerprint density at radius 2 is 1.70 bits per heavy atom. The van der Waals surface area contributed by atoms with E-state index in [1.165, 1.54) is 10.6 Å². The summed E-state index contributed by atoms with van der Waals surface area (Å²) in [6, 6.07) is 0.0933. The Hall–Kier alpha value is -0.820. The largest absolute Gasteiger partial charge is 0.444 e. The van der Waals surface area contributed by atoms with E-state index >= 15 is 0 Å². The minimum atomic E-state index is -3.15. The topological polar surface area (TPSA) is 75.7 Å². The number of amides is 1. The predicted octanol–water partition coefficient (Wildman–Crippen LogP) is 1.71. The van der Waals surface area contributed by atoms with E-state index in [9.17, 15) is 13.2 Å². The first-order valence-corrected chi connectivity index (χ1v) is 8.76. The lowest BCUT2D eigenvalue weighted by atomic mass is 9.91. The van der Waals surface area contributed by atoms with Gasteiger partial charge in [-0.15, -0.1) is 0 Å². The van der Waals surface area contributed by atoms with Gasteiger partial charge < -0.3 is 10.1 Å². The van der Waals surface area contributed by atoms with Gasteiger partial charge in [-0.25, -0.2) is 17.5 Å². The molecule has 0 aromatic heterocycles. The van der Waals surface area contributed by atoms with Gasteiger partial charge in [-0.2, -0.15) is 0 Å². The van der Waals surface area contributed by atoms with Crippen molar-refractivity contribution < 1.29 is 17.9 Å². The second kappa shape index (κ2) is 6.30. The van der Waals surface area contributed by atoms with Crippen LogP contribution in [0.1, 0.15) is 46.5 Å². The van der Waals surface area contributed by atoms with Crippen LogP contribution in [-0.2, 0) is 14.8 Å². The third kappa shape index (κ3) is 5.66. The number of ether oxygens (including phenoxy) is 1. The zero-order chi connectivity index (χ0) is 15.6. The number of alkyl carbamates (subject to hydrolysis) is 1. The van der Waals surface area contributed by atoms with Crippen LogP contribution in [0.4, 0.5) is 4.79 Å². The number of hydrogen-bond acceptors (Lipinski definition) is 4. The van der Waals surface area contributed by atoms with Crippen molar-refractivity contribution in [3.8, 4) is 0 Å². The molecule has 1 aliphatic rings. The summed E-state index contributed by atoms with van der Waals surface area (Å²) in [5.41, 5.74) is -0.502. The molecule has 0 radical (unpaired) electrons. The van der Waals surface area contributed by atoms with Crippen molar-refractivity contribution in [3.63, 3.8) is 0 Å². The Balaban J connectivity index is 2.42. The van der Waals surface area contributed by atoms with Crippen LogP contribution < -0.4 is 5.32 Å². The van der Waals surface area contributed by atoms with Crippen LogP contribution in [0.2, 0.25) is 0 Å². The number of carbonyl (C=O) groups is 1. The third-order valence-corrected chi connectivity index (χ3v) is 4.80. The van der Waals surface area contributed by atoms with E-state index < -0.39 is 21.7 Å². The maximum absolute atomic E-state index is 11.7. The Morgan fingerprint density at radius 1 is 1.20 bits per heavy atom. The maximum Gasteiger partial charge on any atom is 0.407 e. The molecular formula is C13H26N2O4S. The first kappa shape index (κ1) is 17.2. The summed E-state index contributed by atoms with van der Waals surface area (Å²) in [7, 11) is -1.53. The lowest BCUT2D eigenvalue weighted by Crippen LogP contribution is -2.45. The fourth-order valence-corrected chi connectivity index (χ4v) is 3.08. The van der Waals surface area contributed by atoms with E-state index in [1.807, 2.05) is 20.8 Å². The van der Waals surface area contributed by atoms with Gasteiger partial charge in [0.1, 0.15) is 5.60 Å². The molecule has 0 aromatic rings. The minimum Gasteiger partial charge on any atom is -0.444 e. The van der Waals surface area contributed by atoms with Gasteiger partial charge in [0.25, 0.3) is 0 Å². The molecule has 1 N–H and O–H groups in total. The van der Waals surface area contributed by atoms with E-state index in [0.717, 1.165) is 25.7 Å². The monoisotopic (exact) mass is 306 g/mol. The molecule has 0 bridgehead atoms. The highest BCUT2D eigenvalue weighted by Crippen LogP contribution is 2.24. The SMILES string of the molecule is CN([C@H]1CC[C@H](NC(=O)OC(C)(C)C)CC1)S(C)(=O)=O. The van der Waals surface area contributed by atoms with Crippen molar-refractivity contribution in [1.29, 1.82) is 0 Å². The Morgan fingerprint density at radius 3 is 2.10 bits per heavy atom. The quantitative estimate of drug-likeness (QED) is 0.861. The van der Waals surface area contributed by atoms with Crippen molar-refractivity contribution >= 4 is 16.1 Å². The van der Waals surface area contributed by atoms with Crippen LogP contribution in [0, 0.1) is 0 Å². The fourth-order valence-electron chi connectivity index (χ4n) is 2.33. The van der Waals surface area contributed by atoms with Gasteiger partial charge in [-0.1, -0.05) is 0 Å². The van der Waals surface area contributed by atoms with Gasteiger partial charge >= 0.3 is 6.09 Å². The maximum atomic E-state index is 11.7. The highest BCUT2D eigenvalue weighted by molar-refractivity contribution is 7.88. The van der Waals surface area contributed by atoms with E-state index in [-0.39, 0.29) is 12.1 Å². The molecule has 0 unspecified atom stereocenters. The zero-order valence-electron chi connectivity index (χ0n) is 13.0. The Bertz CT molecular complexity index is 434.